The summed E-state index contributed by atoms with van der Waals surface area (Å²) in [4.78, 5) is 21.0. The SMILES string of the molecule is CN=C(NC#N)NC1CCC(CNC(=O)C2(C)CN=CN2)(c2ccccc2)CC1. The Hall–Kier alpha value is -3.08. The zero-order valence-electron chi connectivity index (χ0n) is 17.0. The van der Waals surface area contributed by atoms with Crippen LogP contribution in [0.1, 0.15) is 38.2 Å². The molecule has 29 heavy (non-hydrogen) atoms. The first kappa shape index (κ1) is 20.6. The molecule has 1 aliphatic heterocycles. The van der Waals surface area contributed by atoms with Crippen LogP contribution in [0.3, 0.4) is 0 Å². The van der Waals surface area contributed by atoms with Gasteiger partial charge in [0.1, 0.15) is 5.54 Å². The third-order valence-electron chi connectivity index (χ3n) is 6.04. The van der Waals surface area contributed by atoms with Crippen molar-refractivity contribution in [1.82, 2.24) is 21.3 Å². The van der Waals surface area contributed by atoms with Crippen LogP contribution in [0.15, 0.2) is 40.3 Å². The minimum atomic E-state index is -0.675. The average molecular weight is 396 g/mol. The number of benzene rings is 1. The van der Waals surface area contributed by atoms with Crippen molar-refractivity contribution in [3.63, 3.8) is 0 Å². The molecule has 3 rings (SSSR count). The molecule has 2 aliphatic rings. The summed E-state index contributed by atoms with van der Waals surface area (Å²) in [6, 6.07) is 10.7. The molecular formula is C21H29N7O. The van der Waals surface area contributed by atoms with E-state index in [1.54, 1.807) is 13.4 Å². The molecule has 0 radical (unpaired) electrons. The second-order valence-electron chi connectivity index (χ2n) is 8.00. The minimum absolute atomic E-state index is 0.0239. The van der Waals surface area contributed by atoms with Crippen LogP contribution >= 0.6 is 0 Å². The lowest BCUT2D eigenvalue weighted by Gasteiger charge is -2.41. The summed E-state index contributed by atoms with van der Waals surface area (Å²) < 4.78 is 0. The number of rotatable bonds is 5. The van der Waals surface area contributed by atoms with Crippen LogP contribution in [-0.2, 0) is 10.2 Å². The second-order valence-corrected chi connectivity index (χ2v) is 8.00. The summed E-state index contributed by atoms with van der Waals surface area (Å²) in [5.41, 5.74) is 0.461. The van der Waals surface area contributed by atoms with Gasteiger partial charge in [0, 0.05) is 25.0 Å². The summed E-state index contributed by atoms with van der Waals surface area (Å²) in [5.74, 6) is 0.474. The van der Waals surface area contributed by atoms with Gasteiger partial charge in [0.25, 0.3) is 0 Å². The number of carbonyl (C=O) groups is 1. The van der Waals surface area contributed by atoms with E-state index in [0.29, 0.717) is 19.0 Å². The maximum Gasteiger partial charge on any atom is 0.247 e. The lowest BCUT2D eigenvalue weighted by atomic mass is 9.68. The van der Waals surface area contributed by atoms with Gasteiger partial charge >= 0.3 is 0 Å². The van der Waals surface area contributed by atoms with Crippen LogP contribution in [0, 0.1) is 11.5 Å². The Labute approximate surface area is 171 Å². The zero-order valence-corrected chi connectivity index (χ0v) is 17.0. The molecule has 1 saturated carbocycles. The lowest BCUT2D eigenvalue weighted by Crippen LogP contribution is -2.56. The second kappa shape index (κ2) is 8.95. The van der Waals surface area contributed by atoms with Crippen molar-refractivity contribution in [1.29, 1.82) is 5.26 Å². The standard InChI is InChI=1S/C21H29N7O/c1-20(12-24-15-27-20)18(29)25-13-21(16-6-4-3-5-7-16)10-8-17(9-11-21)28-19(23-2)26-14-22/h3-7,15,17H,8-13H2,1-2H3,(H,24,27)(H,25,29)(H2,23,26,28). The Kier molecular flexibility index (Phi) is 6.37. The Morgan fingerprint density at radius 1 is 1.34 bits per heavy atom. The van der Waals surface area contributed by atoms with Crippen LogP contribution < -0.4 is 21.3 Å². The van der Waals surface area contributed by atoms with Crippen molar-refractivity contribution in [2.45, 2.75) is 49.6 Å². The third kappa shape index (κ3) is 4.67. The summed E-state index contributed by atoms with van der Waals surface area (Å²) >= 11 is 0. The molecule has 0 saturated heterocycles. The monoisotopic (exact) mass is 395 g/mol. The Morgan fingerprint density at radius 3 is 2.66 bits per heavy atom. The Balaban J connectivity index is 1.68. The molecule has 4 N–H and O–H groups in total. The van der Waals surface area contributed by atoms with E-state index >= 15 is 0 Å². The van der Waals surface area contributed by atoms with Crippen LogP contribution in [0.2, 0.25) is 0 Å². The maximum atomic E-state index is 12.8. The van der Waals surface area contributed by atoms with Crippen LogP contribution in [0.25, 0.3) is 0 Å². The summed E-state index contributed by atoms with van der Waals surface area (Å²) in [5, 5.41) is 21.0. The van der Waals surface area contributed by atoms with Crippen molar-refractivity contribution in [3.8, 4) is 6.19 Å². The normalized spacial score (nSPS) is 28.9. The van der Waals surface area contributed by atoms with Crippen LogP contribution in [0.5, 0.6) is 0 Å². The van der Waals surface area contributed by atoms with Gasteiger partial charge in [0.15, 0.2) is 6.19 Å². The molecule has 1 aromatic carbocycles. The molecule has 1 aromatic rings. The quantitative estimate of drug-likeness (QED) is 0.257. The van der Waals surface area contributed by atoms with E-state index in [1.807, 2.05) is 19.2 Å². The Bertz CT molecular complexity index is 796. The summed E-state index contributed by atoms with van der Waals surface area (Å²) in [7, 11) is 1.65. The highest BCUT2D eigenvalue weighted by Crippen LogP contribution is 2.39. The van der Waals surface area contributed by atoms with Gasteiger partial charge in [-0.15, -0.1) is 0 Å². The summed E-state index contributed by atoms with van der Waals surface area (Å²) in [6.07, 6.45) is 7.22. The van der Waals surface area contributed by atoms with Gasteiger partial charge in [0.2, 0.25) is 11.9 Å². The van der Waals surface area contributed by atoms with Crippen molar-refractivity contribution in [2.24, 2.45) is 9.98 Å². The van der Waals surface area contributed by atoms with Crippen molar-refractivity contribution in [3.05, 3.63) is 35.9 Å². The van der Waals surface area contributed by atoms with E-state index in [0.717, 1.165) is 25.7 Å². The maximum absolute atomic E-state index is 12.8. The molecule has 0 spiro atoms. The van der Waals surface area contributed by atoms with E-state index < -0.39 is 5.54 Å². The molecule has 1 unspecified atom stereocenters. The number of hydrogen-bond donors (Lipinski definition) is 4. The number of nitrogens with one attached hydrogen (secondary N) is 4. The van der Waals surface area contributed by atoms with Gasteiger partial charge in [-0.05, 0) is 38.2 Å². The molecule has 154 valence electrons. The molecule has 1 atom stereocenters. The fourth-order valence-electron chi connectivity index (χ4n) is 4.12. The number of nitrogens with zero attached hydrogens (tertiary/aromatic N) is 3. The number of carbonyl (C=O) groups excluding carboxylic acids is 1. The number of hydrogen-bond acceptors (Lipinski definition) is 5. The van der Waals surface area contributed by atoms with Gasteiger partial charge < -0.3 is 16.0 Å². The van der Waals surface area contributed by atoms with Crippen molar-refractivity contribution >= 4 is 18.2 Å². The van der Waals surface area contributed by atoms with Gasteiger partial charge in [-0.2, -0.15) is 5.26 Å². The first-order chi connectivity index (χ1) is 14.0. The molecule has 0 aromatic heterocycles. The van der Waals surface area contributed by atoms with Gasteiger partial charge in [0.05, 0.1) is 12.9 Å². The van der Waals surface area contributed by atoms with Crippen molar-refractivity contribution in [2.75, 3.05) is 20.1 Å². The average Bonchev–Trinajstić information content (AvgIpc) is 3.21. The molecule has 1 aliphatic carbocycles. The minimum Gasteiger partial charge on any atom is -0.361 e. The van der Waals surface area contributed by atoms with Gasteiger partial charge in [-0.3, -0.25) is 20.1 Å². The molecule has 0 bridgehead atoms. The fraction of sp³-hybridized carbons (Fsp3) is 0.524. The topological polar surface area (TPSA) is 114 Å². The molecule has 8 heteroatoms. The highest BCUT2D eigenvalue weighted by molar-refractivity contribution is 5.90. The van der Waals surface area contributed by atoms with E-state index in [4.69, 9.17) is 5.26 Å². The van der Waals surface area contributed by atoms with Gasteiger partial charge in [-0.1, -0.05) is 30.3 Å². The number of amides is 1. The Morgan fingerprint density at radius 2 is 2.07 bits per heavy atom. The molecule has 1 amide bonds. The highest BCUT2D eigenvalue weighted by Gasteiger charge is 2.40. The smallest absolute Gasteiger partial charge is 0.247 e. The van der Waals surface area contributed by atoms with Crippen molar-refractivity contribution < 1.29 is 4.79 Å². The lowest BCUT2D eigenvalue weighted by molar-refractivity contribution is -0.126. The number of nitriles is 1. The molecule has 1 heterocycles. The van der Waals surface area contributed by atoms with E-state index in [9.17, 15) is 4.79 Å². The van der Waals surface area contributed by atoms with E-state index in [2.05, 4.69) is 55.5 Å². The highest BCUT2D eigenvalue weighted by atomic mass is 16.2. The zero-order chi connectivity index (χ0) is 20.7. The number of guanidine groups is 1. The third-order valence-corrected chi connectivity index (χ3v) is 6.04. The summed E-state index contributed by atoms with van der Waals surface area (Å²) in [6.45, 7) is 2.92. The predicted octanol–water partition coefficient (Wildman–Crippen LogP) is 1.02. The molecule has 8 nitrogen and oxygen atoms in total. The largest absolute Gasteiger partial charge is 0.361 e. The first-order valence-electron chi connectivity index (χ1n) is 10.00. The van der Waals surface area contributed by atoms with Crippen LogP contribution in [-0.4, -0.2) is 49.9 Å². The molecule has 1 fully saturated rings. The first-order valence-corrected chi connectivity index (χ1v) is 10.00. The van der Waals surface area contributed by atoms with Crippen LogP contribution in [0.4, 0.5) is 0 Å². The van der Waals surface area contributed by atoms with Gasteiger partial charge in [-0.25, -0.2) is 0 Å². The fourth-order valence-corrected chi connectivity index (χ4v) is 4.12. The molecular weight excluding hydrogens is 366 g/mol. The number of aliphatic imine (C=N–C) groups is 2. The van der Waals surface area contributed by atoms with E-state index in [-0.39, 0.29) is 17.4 Å². The predicted molar refractivity (Wildman–Crippen MR) is 114 cm³/mol. The van der Waals surface area contributed by atoms with E-state index in [1.165, 1.54) is 5.56 Å².